The fourth-order valence-corrected chi connectivity index (χ4v) is 11.3. The van der Waals surface area contributed by atoms with Crippen molar-refractivity contribution in [2.24, 2.45) is 0 Å². The highest BCUT2D eigenvalue weighted by Crippen LogP contribution is 2.58. The van der Waals surface area contributed by atoms with Gasteiger partial charge in [0.15, 0.2) is 12.1 Å². The van der Waals surface area contributed by atoms with E-state index in [1.54, 1.807) is 12.1 Å². The Morgan fingerprint density at radius 2 is 0.986 bits per heavy atom. The third-order valence-corrected chi connectivity index (χ3v) is 17.8. The summed E-state index contributed by atoms with van der Waals surface area (Å²) in [5.41, 5.74) is 8.90. The van der Waals surface area contributed by atoms with E-state index in [9.17, 15) is 18.9 Å². The summed E-state index contributed by atoms with van der Waals surface area (Å²) in [5.74, 6) is 3.43. The third-order valence-electron chi connectivity index (χ3n) is 14.6. The second kappa shape index (κ2) is 23.4. The number of aldehydes is 1. The molecular weight excluding hydrogens is 1150 g/mol. The maximum Gasteiger partial charge on any atom is 0.339 e. The number of carbonyl (C=O) groups is 3. The quantitative estimate of drug-likeness (QED) is 0.135. The van der Waals surface area contributed by atoms with E-state index < -0.39 is 13.6 Å². The summed E-state index contributed by atoms with van der Waals surface area (Å²) in [6.45, 7) is 8.94. The number of ether oxygens (including phenoxy) is 5. The highest BCUT2D eigenvalue weighted by atomic mass is 79.9. The van der Waals surface area contributed by atoms with Gasteiger partial charge in [0.1, 0.15) is 34.3 Å². The third kappa shape index (κ3) is 12.5. The summed E-state index contributed by atoms with van der Waals surface area (Å²) in [6.07, 6.45) is 13.2. The van der Waals surface area contributed by atoms with Crippen LogP contribution in [0.2, 0.25) is 0 Å². The highest BCUT2D eigenvalue weighted by Gasteiger charge is 2.50. The van der Waals surface area contributed by atoms with Crippen molar-refractivity contribution in [2.75, 3.05) is 53.9 Å². The summed E-state index contributed by atoms with van der Waals surface area (Å²) >= 11 is 10.3. The fraction of sp³-hybridized carbons (Fsp3) is 0.386. The van der Waals surface area contributed by atoms with Crippen LogP contribution in [0.4, 0.5) is 0 Å². The number of hydrogen-bond acceptors (Lipinski definition) is 11. The largest absolute Gasteiger partial charge is 0.492 e. The standard InChI is InChI=1S/C12H12O3.C12H12O2.C11H11BrO.C10H9BrO.C9H7BrO2.C3H9O3P/c13-11(14)8-2-1-3-9-10(8)15-7-6-12(9)4-5-12;13-8-9-2-1-3-10-11(9)14-7-6-12(10)4-5-12;12-9-3-1-2-8-10(9)13-7-6-11(8)4-5-11;1-7-5-6-12-10-8(7)3-2-4-9(10)11;10-7-3-1-2-6-8(11)4-5-12-9(6)7;1-5-7(3,4)6-2/h1-3H,4-7H2,(H,13,14);1-3,8H,4-7H2;1-3H,4-7H2;2-4H,1,5-6H2;1-3H,4-5H2;1-3H3. The van der Waals surface area contributed by atoms with Gasteiger partial charge in [-0.1, -0.05) is 61.2 Å². The van der Waals surface area contributed by atoms with Crippen molar-refractivity contribution in [3.8, 4) is 28.7 Å². The Hall–Kier alpha value is -4.76. The van der Waals surface area contributed by atoms with Crippen LogP contribution < -0.4 is 23.7 Å². The van der Waals surface area contributed by atoms with Crippen molar-refractivity contribution < 1.29 is 56.8 Å². The van der Waals surface area contributed by atoms with Gasteiger partial charge >= 0.3 is 13.6 Å². The SMILES string of the molecule is Brc1cccc2c1OCCC21CC1.C=C1CCOc2c(Br)cccc21.COP(C)(=O)OC.O=C(O)c1cccc2c1OCCC21CC1.O=C1CCOc2c(Br)cccc21.O=Cc1cccc2c1OCCC21CC1. The van der Waals surface area contributed by atoms with Crippen LogP contribution in [0.3, 0.4) is 0 Å². The Morgan fingerprint density at radius 1 is 0.575 bits per heavy atom. The molecule has 12 nitrogen and oxygen atoms in total. The molecule has 1 N–H and O–H groups in total. The number of carboxylic acid groups (broad SMARTS) is 1. The topological polar surface area (TPSA) is 153 Å². The molecule has 0 unspecified atom stereocenters. The lowest BCUT2D eigenvalue weighted by molar-refractivity contribution is 0.0689. The Bertz CT molecular complexity index is 2850. The van der Waals surface area contributed by atoms with Crippen LogP contribution in [0, 0.1) is 0 Å². The first-order chi connectivity index (χ1) is 35.1. The Morgan fingerprint density at radius 3 is 1.47 bits per heavy atom. The molecule has 0 atom stereocenters. The van der Waals surface area contributed by atoms with Gasteiger partial charge in [-0.2, -0.15) is 0 Å². The first-order valence-corrected chi connectivity index (χ1v) is 28.8. The molecule has 73 heavy (non-hydrogen) atoms. The second-order valence-electron chi connectivity index (χ2n) is 19.2. The number of aromatic carboxylic acids is 1. The van der Waals surface area contributed by atoms with Crippen molar-refractivity contribution in [3.05, 3.63) is 150 Å². The van der Waals surface area contributed by atoms with Gasteiger partial charge in [-0.3, -0.25) is 14.2 Å². The predicted molar refractivity (Wildman–Crippen MR) is 292 cm³/mol. The van der Waals surface area contributed by atoms with E-state index in [1.165, 1.54) is 77.0 Å². The minimum absolute atomic E-state index is 0.164. The molecule has 0 saturated heterocycles. The van der Waals surface area contributed by atoms with Crippen LogP contribution >= 0.6 is 55.4 Å². The zero-order valence-corrected chi connectivity index (χ0v) is 46.9. The van der Waals surface area contributed by atoms with Gasteiger partial charge in [0.25, 0.3) is 0 Å². The minimum atomic E-state index is -2.65. The van der Waals surface area contributed by atoms with Crippen molar-refractivity contribution in [2.45, 2.75) is 86.9 Å². The molecule has 3 aliphatic carbocycles. The number of halogens is 3. The van der Waals surface area contributed by atoms with Gasteiger partial charge in [0.2, 0.25) is 0 Å². The van der Waals surface area contributed by atoms with E-state index >= 15 is 0 Å². The van der Waals surface area contributed by atoms with Gasteiger partial charge in [0.05, 0.1) is 57.6 Å². The first kappa shape index (κ1) is 54.5. The molecule has 0 aromatic heterocycles. The van der Waals surface area contributed by atoms with Crippen molar-refractivity contribution in [1.82, 2.24) is 0 Å². The van der Waals surface area contributed by atoms with E-state index in [2.05, 4.69) is 87.7 Å². The molecule has 5 aliphatic heterocycles. The lowest BCUT2D eigenvalue weighted by Crippen LogP contribution is -2.21. The van der Waals surface area contributed by atoms with Crippen LogP contribution in [0.15, 0.2) is 111 Å². The van der Waals surface area contributed by atoms with Crippen LogP contribution in [0.25, 0.3) is 5.57 Å². The molecule has 386 valence electrons. The van der Waals surface area contributed by atoms with E-state index in [0.717, 1.165) is 92.7 Å². The fourth-order valence-electron chi connectivity index (χ4n) is 9.71. The monoisotopic (exact) mass is 1200 g/mol. The summed E-state index contributed by atoms with van der Waals surface area (Å²) in [7, 11) is 0.0486. The molecule has 16 heteroatoms. The Balaban J connectivity index is 0.000000118. The van der Waals surface area contributed by atoms with Gasteiger partial charge in [-0.15, -0.1) is 0 Å². The molecule has 3 fully saturated rings. The summed E-state index contributed by atoms with van der Waals surface area (Å²) < 4.78 is 50.0. The van der Waals surface area contributed by atoms with E-state index in [1.807, 2.05) is 54.6 Å². The lowest BCUT2D eigenvalue weighted by Gasteiger charge is -2.26. The van der Waals surface area contributed by atoms with Gasteiger partial charge < -0.3 is 37.8 Å². The zero-order valence-electron chi connectivity index (χ0n) is 41.3. The van der Waals surface area contributed by atoms with E-state index in [-0.39, 0.29) is 11.2 Å². The molecule has 0 amide bonds. The van der Waals surface area contributed by atoms with Crippen molar-refractivity contribution in [1.29, 1.82) is 0 Å². The number of carbonyl (C=O) groups excluding carboxylic acids is 2. The number of benzene rings is 5. The maximum absolute atomic E-state index is 11.3. The summed E-state index contributed by atoms with van der Waals surface area (Å²) in [5, 5.41) is 9.05. The Kier molecular flexibility index (Phi) is 17.5. The number of ketones is 1. The predicted octanol–water partition coefficient (Wildman–Crippen LogP) is 14.5. The highest BCUT2D eigenvalue weighted by molar-refractivity contribution is 9.11. The van der Waals surface area contributed by atoms with Gasteiger partial charge in [0, 0.05) is 72.2 Å². The molecule has 5 heterocycles. The summed E-state index contributed by atoms with van der Waals surface area (Å²) in [6, 6.07) is 29.2. The molecule has 0 radical (unpaired) electrons. The van der Waals surface area contributed by atoms with E-state index in [0.29, 0.717) is 58.7 Å². The van der Waals surface area contributed by atoms with Gasteiger partial charge in [-0.05, 0) is 148 Å². The van der Waals surface area contributed by atoms with Gasteiger partial charge in [-0.25, -0.2) is 4.79 Å². The maximum atomic E-state index is 11.3. The van der Waals surface area contributed by atoms with Crippen LogP contribution in [0.1, 0.15) is 124 Å². The van der Waals surface area contributed by atoms with E-state index in [4.69, 9.17) is 28.8 Å². The van der Waals surface area contributed by atoms with Crippen LogP contribution in [0.5, 0.6) is 28.7 Å². The molecular formula is C57H60Br3O12P. The molecule has 13 rings (SSSR count). The summed E-state index contributed by atoms with van der Waals surface area (Å²) in [4.78, 5) is 33.2. The van der Waals surface area contributed by atoms with Crippen LogP contribution in [-0.2, 0) is 29.9 Å². The minimum Gasteiger partial charge on any atom is -0.492 e. The van der Waals surface area contributed by atoms with Crippen molar-refractivity contribution >= 4 is 79.0 Å². The van der Waals surface area contributed by atoms with Crippen molar-refractivity contribution in [3.63, 3.8) is 0 Å². The number of para-hydroxylation sites is 5. The average Bonchev–Trinajstić information content (AvgIpc) is 4.35. The zero-order chi connectivity index (χ0) is 52.0. The first-order valence-electron chi connectivity index (χ1n) is 24.5. The normalized spacial score (nSPS) is 18.4. The number of Topliss-reactive ketones (excluding diaryl/α,β-unsaturated/α-hetero) is 1. The average molecular weight is 1210 g/mol. The molecule has 8 aliphatic rings. The smallest absolute Gasteiger partial charge is 0.339 e. The molecule has 0 bridgehead atoms. The molecule has 3 saturated carbocycles. The molecule has 3 spiro atoms. The molecule has 5 aromatic rings. The number of carboxylic acids is 1. The number of fused-ring (bicyclic) bond motifs is 8. The van der Waals surface area contributed by atoms with Crippen LogP contribution in [-0.4, -0.2) is 77.1 Å². The number of rotatable bonds is 4. The Labute approximate surface area is 452 Å². The molecule has 5 aromatic carbocycles. The number of hydrogen-bond donors (Lipinski definition) is 1. The lowest BCUT2D eigenvalue weighted by atomic mass is 9.88. The second-order valence-corrected chi connectivity index (χ2v) is 24.0.